The molecule has 0 radical (unpaired) electrons. The lowest BCUT2D eigenvalue weighted by atomic mass is 10.1. The number of anilines is 3. The predicted molar refractivity (Wildman–Crippen MR) is 120 cm³/mol. The molecule has 1 aliphatic rings. The summed E-state index contributed by atoms with van der Waals surface area (Å²) in [6.07, 6.45) is 4.63. The quantitative estimate of drug-likeness (QED) is 0.456. The Kier molecular flexibility index (Phi) is 6.20. The first-order valence-corrected chi connectivity index (χ1v) is 10.2. The van der Waals surface area contributed by atoms with Crippen LogP contribution in [0.1, 0.15) is 0 Å². The Morgan fingerprint density at radius 1 is 1.28 bits per heavy atom. The SMILES string of the molecule is CN(C)C/C=C/C(=O)N1CCOc2c1ccc1ncnc(Nc3ccc(F)c(Cl)c3F)c21. The summed E-state index contributed by atoms with van der Waals surface area (Å²) in [7, 11) is 3.83. The number of hydrogen-bond donors (Lipinski definition) is 1. The fourth-order valence-electron chi connectivity index (χ4n) is 3.36. The van der Waals surface area contributed by atoms with Gasteiger partial charge in [0, 0.05) is 12.6 Å². The van der Waals surface area contributed by atoms with E-state index in [0.717, 1.165) is 6.07 Å². The number of ether oxygens (including phenoxy) is 1. The number of carbonyl (C=O) groups excluding carboxylic acids is 1. The van der Waals surface area contributed by atoms with Crippen LogP contribution in [0.5, 0.6) is 5.75 Å². The molecule has 3 aromatic rings. The summed E-state index contributed by atoms with van der Waals surface area (Å²) in [4.78, 5) is 24.8. The summed E-state index contributed by atoms with van der Waals surface area (Å²) in [5.74, 6) is -1.34. The van der Waals surface area contributed by atoms with Gasteiger partial charge in [0.1, 0.15) is 29.6 Å². The molecule has 1 amide bonds. The van der Waals surface area contributed by atoms with Gasteiger partial charge in [-0.15, -0.1) is 0 Å². The number of fused-ring (bicyclic) bond motifs is 3. The Bertz CT molecular complexity index is 1220. The van der Waals surface area contributed by atoms with Gasteiger partial charge in [0.15, 0.2) is 11.6 Å². The van der Waals surface area contributed by atoms with Crippen LogP contribution in [0, 0.1) is 11.6 Å². The highest BCUT2D eigenvalue weighted by Crippen LogP contribution is 2.41. The number of benzene rings is 2. The standard InChI is InChI=1S/C22H20ClF2N5O2/c1-29(2)9-3-4-17(31)30-10-11-32-21-16(30)8-7-14-18(21)22(27-12-26-14)28-15-6-5-13(24)19(23)20(15)25/h3-8,12H,9-11H2,1-2H3,(H,26,27,28)/b4-3+. The first-order chi connectivity index (χ1) is 15.4. The van der Waals surface area contributed by atoms with Gasteiger partial charge in [-0.05, 0) is 38.4 Å². The molecule has 0 spiro atoms. The van der Waals surface area contributed by atoms with Gasteiger partial charge >= 0.3 is 0 Å². The minimum absolute atomic E-state index is 0.0515. The van der Waals surface area contributed by atoms with E-state index in [1.165, 1.54) is 18.5 Å². The van der Waals surface area contributed by atoms with Crippen molar-refractivity contribution in [2.24, 2.45) is 0 Å². The third kappa shape index (κ3) is 4.21. The maximum Gasteiger partial charge on any atom is 0.250 e. The van der Waals surface area contributed by atoms with Crippen molar-refractivity contribution in [2.75, 3.05) is 44.0 Å². The summed E-state index contributed by atoms with van der Waals surface area (Å²) in [5.41, 5.74) is 1.04. The molecule has 0 bridgehead atoms. The summed E-state index contributed by atoms with van der Waals surface area (Å²) in [5, 5.41) is 2.70. The van der Waals surface area contributed by atoms with Gasteiger partial charge in [-0.25, -0.2) is 18.7 Å². The first kappa shape index (κ1) is 21.9. The predicted octanol–water partition coefficient (Wildman–Crippen LogP) is 4.15. The summed E-state index contributed by atoms with van der Waals surface area (Å²) in [6, 6.07) is 5.77. The van der Waals surface area contributed by atoms with Crippen LogP contribution in [0.3, 0.4) is 0 Å². The van der Waals surface area contributed by atoms with Gasteiger partial charge in [-0.1, -0.05) is 17.7 Å². The number of hydrogen-bond acceptors (Lipinski definition) is 6. The number of rotatable bonds is 5. The molecule has 0 atom stereocenters. The van der Waals surface area contributed by atoms with Crippen LogP contribution in [-0.4, -0.2) is 54.6 Å². The molecule has 32 heavy (non-hydrogen) atoms. The van der Waals surface area contributed by atoms with Crippen LogP contribution in [0.2, 0.25) is 5.02 Å². The molecule has 2 aromatic carbocycles. The molecule has 166 valence electrons. The number of amides is 1. The number of nitrogens with one attached hydrogen (secondary N) is 1. The second-order valence-corrected chi connectivity index (χ2v) is 7.76. The fourth-order valence-corrected chi connectivity index (χ4v) is 3.52. The van der Waals surface area contributed by atoms with Crippen molar-refractivity contribution in [1.29, 1.82) is 0 Å². The maximum absolute atomic E-state index is 14.5. The second kappa shape index (κ2) is 9.05. The van der Waals surface area contributed by atoms with Gasteiger partial charge in [0.25, 0.3) is 5.91 Å². The van der Waals surface area contributed by atoms with Crippen molar-refractivity contribution in [3.63, 3.8) is 0 Å². The van der Waals surface area contributed by atoms with E-state index in [4.69, 9.17) is 16.3 Å². The lowest BCUT2D eigenvalue weighted by molar-refractivity contribution is -0.114. The molecular weight excluding hydrogens is 440 g/mol. The molecule has 1 N–H and O–H groups in total. The normalized spacial score (nSPS) is 13.5. The van der Waals surface area contributed by atoms with Crippen molar-refractivity contribution in [1.82, 2.24) is 14.9 Å². The van der Waals surface area contributed by atoms with E-state index in [0.29, 0.717) is 35.4 Å². The monoisotopic (exact) mass is 459 g/mol. The van der Waals surface area contributed by atoms with Crippen LogP contribution in [0.15, 0.2) is 42.7 Å². The zero-order chi connectivity index (χ0) is 22.8. The highest BCUT2D eigenvalue weighted by atomic mass is 35.5. The van der Waals surface area contributed by atoms with E-state index in [2.05, 4.69) is 15.3 Å². The molecular formula is C22H20ClF2N5O2. The topological polar surface area (TPSA) is 70.6 Å². The number of halogens is 3. The lowest BCUT2D eigenvalue weighted by Crippen LogP contribution is -2.37. The summed E-state index contributed by atoms with van der Waals surface area (Å²) >= 11 is 5.70. The Balaban J connectivity index is 1.76. The van der Waals surface area contributed by atoms with Gasteiger partial charge < -0.3 is 19.9 Å². The van der Waals surface area contributed by atoms with Crippen LogP contribution in [-0.2, 0) is 4.79 Å². The fraction of sp³-hybridized carbons (Fsp3) is 0.227. The van der Waals surface area contributed by atoms with Gasteiger partial charge in [-0.2, -0.15) is 0 Å². The minimum atomic E-state index is -0.938. The third-order valence-corrected chi connectivity index (χ3v) is 5.22. The third-order valence-electron chi connectivity index (χ3n) is 4.87. The minimum Gasteiger partial charge on any atom is -0.489 e. The van der Waals surface area contributed by atoms with E-state index in [9.17, 15) is 13.6 Å². The van der Waals surface area contributed by atoms with Crippen molar-refractivity contribution in [2.45, 2.75) is 0 Å². The number of likely N-dealkylation sites (N-methyl/N-ethyl adjacent to an activating group) is 1. The van der Waals surface area contributed by atoms with Gasteiger partial charge in [0.2, 0.25) is 0 Å². The zero-order valence-electron chi connectivity index (χ0n) is 17.4. The molecule has 2 heterocycles. The van der Waals surface area contributed by atoms with Crippen LogP contribution in [0.4, 0.5) is 26.0 Å². The Labute approximate surface area is 188 Å². The average Bonchev–Trinajstić information content (AvgIpc) is 2.78. The molecule has 0 saturated carbocycles. The molecule has 7 nitrogen and oxygen atoms in total. The molecule has 0 unspecified atom stereocenters. The maximum atomic E-state index is 14.5. The number of carbonyl (C=O) groups is 1. The van der Waals surface area contributed by atoms with Crippen LogP contribution in [0.25, 0.3) is 10.9 Å². The molecule has 0 aliphatic carbocycles. The lowest BCUT2D eigenvalue weighted by Gasteiger charge is -2.30. The molecule has 1 aromatic heterocycles. The van der Waals surface area contributed by atoms with Gasteiger partial charge in [-0.3, -0.25) is 4.79 Å². The number of nitrogens with zero attached hydrogens (tertiary/aromatic N) is 4. The van der Waals surface area contributed by atoms with Crippen molar-refractivity contribution in [3.05, 3.63) is 59.4 Å². The molecule has 1 aliphatic heterocycles. The van der Waals surface area contributed by atoms with E-state index < -0.39 is 16.7 Å². The highest BCUT2D eigenvalue weighted by Gasteiger charge is 2.26. The average molecular weight is 460 g/mol. The Hall–Kier alpha value is -3.30. The van der Waals surface area contributed by atoms with E-state index in [-0.39, 0.29) is 24.0 Å². The zero-order valence-corrected chi connectivity index (χ0v) is 18.2. The van der Waals surface area contributed by atoms with E-state index in [1.807, 2.05) is 19.0 Å². The second-order valence-electron chi connectivity index (χ2n) is 7.38. The van der Waals surface area contributed by atoms with Crippen molar-refractivity contribution < 1.29 is 18.3 Å². The largest absolute Gasteiger partial charge is 0.489 e. The van der Waals surface area contributed by atoms with E-state index in [1.54, 1.807) is 23.1 Å². The Morgan fingerprint density at radius 2 is 2.09 bits per heavy atom. The van der Waals surface area contributed by atoms with Crippen molar-refractivity contribution >= 4 is 45.6 Å². The van der Waals surface area contributed by atoms with Crippen LogP contribution < -0.4 is 15.0 Å². The molecule has 4 rings (SSSR count). The first-order valence-electron chi connectivity index (χ1n) is 9.80. The summed E-state index contributed by atoms with van der Waals surface area (Å²) in [6.45, 7) is 1.28. The van der Waals surface area contributed by atoms with Crippen molar-refractivity contribution in [3.8, 4) is 5.75 Å². The summed E-state index contributed by atoms with van der Waals surface area (Å²) < 4.78 is 33.9. The molecule has 0 saturated heterocycles. The Morgan fingerprint density at radius 3 is 2.88 bits per heavy atom. The smallest absolute Gasteiger partial charge is 0.250 e. The highest BCUT2D eigenvalue weighted by molar-refractivity contribution is 6.31. The van der Waals surface area contributed by atoms with Crippen LogP contribution >= 0.6 is 11.6 Å². The van der Waals surface area contributed by atoms with Gasteiger partial charge in [0.05, 0.1) is 28.8 Å². The molecule has 0 fully saturated rings. The molecule has 10 heteroatoms. The van der Waals surface area contributed by atoms with E-state index >= 15 is 0 Å². The number of aromatic nitrogens is 2.